The van der Waals surface area contributed by atoms with E-state index in [1.807, 2.05) is 19.1 Å². The lowest BCUT2D eigenvalue weighted by atomic mass is 10.1. The van der Waals surface area contributed by atoms with E-state index in [0.717, 1.165) is 11.1 Å². The quantitative estimate of drug-likeness (QED) is 0.438. The number of carbonyl (C=O) groups excluding carboxylic acids is 1. The Morgan fingerprint density at radius 1 is 1.31 bits per heavy atom. The van der Waals surface area contributed by atoms with Crippen LogP contribution in [0.3, 0.4) is 0 Å². The third-order valence-electron chi connectivity index (χ3n) is 4.07. The molecular weight excluding hydrogens is 388 g/mol. The highest BCUT2D eigenvalue weighted by Crippen LogP contribution is 2.36. The smallest absolute Gasteiger partial charge is 0.247 e. The second-order valence-corrected chi connectivity index (χ2v) is 6.52. The van der Waals surface area contributed by atoms with Crippen molar-refractivity contribution in [3.63, 3.8) is 0 Å². The zero-order valence-electron chi connectivity index (χ0n) is 16.5. The minimum atomic E-state index is -0.167. The minimum Gasteiger partial charge on any atom is -0.491 e. The fourth-order valence-electron chi connectivity index (χ4n) is 2.71. The van der Waals surface area contributed by atoms with Crippen LogP contribution in [0, 0.1) is 11.3 Å². The Labute approximate surface area is 176 Å². The molecule has 0 heterocycles. The molecule has 6 heteroatoms. The summed E-state index contributed by atoms with van der Waals surface area (Å²) >= 11 is 6.26. The van der Waals surface area contributed by atoms with Crippen molar-refractivity contribution in [2.45, 2.75) is 13.5 Å². The third kappa shape index (κ3) is 6.13. The van der Waals surface area contributed by atoms with Gasteiger partial charge in [0.25, 0.3) is 0 Å². The van der Waals surface area contributed by atoms with Gasteiger partial charge in [-0.25, -0.2) is 0 Å². The van der Waals surface area contributed by atoms with Crippen LogP contribution in [-0.4, -0.2) is 31.1 Å². The lowest BCUT2D eigenvalue weighted by Gasteiger charge is -2.19. The van der Waals surface area contributed by atoms with Crippen molar-refractivity contribution in [3.8, 4) is 17.6 Å². The van der Waals surface area contributed by atoms with Gasteiger partial charge in [0.05, 0.1) is 30.4 Å². The van der Waals surface area contributed by atoms with E-state index in [4.69, 9.17) is 26.3 Å². The Balaban J connectivity index is 2.19. The fourth-order valence-corrected chi connectivity index (χ4v) is 3.01. The van der Waals surface area contributed by atoms with Crippen molar-refractivity contribution in [1.82, 2.24) is 4.90 Å². The van der Waals surface area contributed by atoms with Gasteiger partial charge in [-0.15, -0.1) is 6.58 Å². The van der Waals surface area contributed by atoms with Gasteiger partial charge in [0, 0.05) is 19.2 Å². The molecule has 0 atom stereocenters. The van der Waals surface area contributed by atoms with E-state index in [9.17, 15) is 4.79 Å². The molecule has 0 radical (unpaired) electrons. The highest BCUT2D eigenvalue weighted by atomic mass is 35.5. The maximum Gasteiger partial charge on any atom is 0.247 e. The molecule has 2 aromatic rings. The zero-order valence-corrected chi connectivity index (χ0v) is 17.3. The monoisotopic (exact) mass is 410 g/mol. The molecule has 2 aromatic carbocycles. The fraction of sp³-hybridized carbons (Fsp3) is 0.217. The molecule has 0 bridgehead atoms. The average Bonchev–Trinajstić information content (AvgIpc) is 2.72. The number of hydrogen-bond donors (Lipinski definition) is 0. The van der Waals surface area contributed by atoms with E-state index in [1.54, 1.807) is 41.3 Å². The van der Waals surface area contributed by atoms with Crippen LogP contribution >= 0.6 is 11.6 Å². The molecule has 0 fully saturated rings. The van der Waals surface area contributed by atoms with Crippen molar-refractivity contribution < 1.29 is 14.3 Å². The van der Waals surface area contributed by atoms with Crippen LogP contribution in [0.4, 0.5) is 0 Å². The van der Waals surface area contributed by atoms with Gasteiger partial charge >= 0.3 is 0 Å². The van der Waals surface area contributed by atoms with Crippen LogP contribution < -0.4 is 9.47 Å². The first-order chi connectivity index (χ1) is 14.0. The highest BCUT2D eigenvalue weighted by Gasteiger charge is 2.12. The second-order valence-electron chi connectivity index (χ2n) is 6.12. The lowest BCUT2D eigenvalue weighted by molar-refractivity contribution is -0.126. The third-order valence-corrected chi connectivity index (χ3v) is 4.35. The van der Waals surface area contributed by atoms with Crippen LogP contribution in [0.25, 0.3) is 6.08 Å². The first kappa shape index (κ1) is 22.1. The van der Waals surface area contributed by atoms with Crippen molar-refractivity contribution in [3.05, 3.63) is 76.8 Å². The van der Waals surface area contributed by atoms with Gasteiger partial charge in [-0.1, -0.05) is 29.8 Å². The van der Waals surface area contributed by atoms with E-state index < -0.39 is 0 Å². The van der Waals surface area contributed by atoms with E-state index >= 15 is 0 Å². The number of ether oxygens (including phenoxy) is 2. The van der Waals surface area contributed by atoms with E-state index in [2.05, 4.69) is 12.6 Å². The summed E-state index contributed by atoms with van der Waals surface area (Å²) in [6.45, 7) is 6.87. The van der Waals surface area contributed by atoms with Crippen molar-refractivity contribution in [2.24, 2.45) is 0 Å². The summed E-state index contributed by atoms with van der Waals surface area (Å²) in [5, 5.41) is 9.31. The number of amides is 1. The molecule has 0 saturated heterocycles. The molecule has 0 unspecified atom stereocenters. The molecule has 0 aromatic heterocycles. The second kappa shape index (κ2) is 10.9. The Morgan fingerprint density at radius 3 is 2.62 bits per heavy atom. The molecule has 0 aliphatic heterocycles. The molecule has 150 valence electrons. The number of rotatable bonds is 9. The minimum absolute atomic E-state index is 0.167. The van der Waals surface area contributed by atoms with Crippen LogP contribution in [0.5, 0.6) is 11.5 Å². The SMILES string of the molecule is C=CCN(Cc1ccc(C#N)cc1)C(=O)/C=C/c1cc(Cl)c(OC)c(OCC)c1. The molecule has 1 amide bonds. The highest BCUT2D eigenvalue weighted by molar-refractivity contribution is 6.32. The standard InChI is InChI=1S/C23H23ClN2O3/c1-4-12-26(16-18-8-6-17(15-25)7-9-18)22(27)11-10-19-13-20(24)23(28-3)21(14-19)29-5-2/h4,6-11,13-14H,1,5,12,16H2,2-3H3/b11-10+. The Kier molecular flexibility index (Phi) is 8.32. The van der Waals surface area contributed by atoms with Gasteiger partial charge in [-0.2, -0.15) is 5.26 Å². The number of halogens is 1. The van der Waals surface area contributed by atoms with E-state index in [0.29, 0.717) is 41.8 Å². The number of nitriles is 1. The van der Waals surface area contributed by atoms with Gasteiger partial charge in [-0.05, 0) is 48.4 Å². The molecule has 0 aliphatic rings. The number of nitrogens with zero attached hydrogens (tertiary/aromatic N) is 2. The summed E-state index contributed by atoms with van der Waals surface area (Å²) in [6.07, 6.45) is 4.85. The number of carbonyl (C=O) groups is 1. The topological polar surface area (TPSA) is 62.6 Å². The Morgan fingerprint density at radius 2 is 2.03 bits per heavy atom. The van der Waals surface area contributed by atoms with Gasteiger partial charge in [0.1, 0.15) is 0 Å². The number of benzene rings is 2. The molecule has 29 heavy (non-hydrogen) atoms. The van der Waals surface area contributed by atoms with Crippen LogP contribution in [0.15, 0.2) is 55.1 Å². The first-order valence-corrected chi connectivity index (χ1v) is 9.47. The lowest BCUT2D eigenvalue weighted by Crippen LogP contribution is -2.29. The molecule has 5 nitrogen and oxygen atoms in total. The normalized spacial score (nSPS) is 10.4. The Bertz CT molecular complexity index is 930. The van der Waals surface area contributed by atoms with Crippen molar-refractivity contribution in [1.29, 1.82) is 5.26 Å². The molecular formula is C23H23ClN2O3. The van der Waals surface area contributed by atoms with Crippen LogP contribution in [0.2, 0.25) is 5.02 Å². The number of hydrogen-bond acceptors (Lipinski definition) is 4. The molecule has 0 N–H and O–H groups in total. The summed E-state index contributed by atoms with van der Waals surface area (Å²) in [5.74, 6) is 0.820. The van der Waals surface area contributed by atoms with Crippen LogP contribution in [-0.2, 0) is 11.3 Å². The van der Waals surface area contributed by atoms with Crippen molar-refractivity contribution in [2.75, 3.05) is 20.3 Å². The van der Waals surface area contributed by atoms with E-state index in [1.165, 1.54) is 13.2 Å². The molecule has 0 aliphatic carbocycles. The summed E-state index contributed by atoms with van der Waals surface area (Å²) in [7, 11) is 1.53. The van der Waals surface area contributed by atoms with Gasteiger partial charge < -0.3 is 14.4 Å². The van der Waals surface area contributed by atoms with Gasteiger partial charge in [0.15, 0.2) is 11.5 Å². The molecule has 0 spiro atoms. The summed E-state index contributed by atoms with van der Waals surface area (Å²) in [5.41, 5.74) is 2.24. The van der Waals surface area contributed by atoms with Crippen molar-refractivity contribution >= 4 is 23.6 Å². The summed E-state index contributed by atoms with van der Waals surface area (Å²) in [4.78, 5) is 14.4. The largest absolute Gasteiger partial charge is 0.491 e. The molecule has 0 saturated carbocycles. The predicted molar refractivity (Wildman–Crippen MR) is 115 cm³/mol. The summed E-state index contributed by atoms with van der Waals surface area (Å²) < 4.78 is 10.8. The predicted octanol–water partition coefficient (Wildman–Crippen LogP) is 4.85. The molecule has 2 rings (SSSR count). The van der Waals surface area contributed by atoms with Gasteiger partial charge in [0.2, 0.25) is 5.91 Å². The average molecular weight is 411 g/mol. The van der Waals surface area contributed by atoms with Crippen LogP contribution in [0.1, 0.15) is 23.6 Å². The maximum atomic E-state index is 12.7. The Hall–Kier alpha value is -3.23. The maximum absolute atomic E-state index is 12.7. The summed E-state index contributed by atoms with van der Waals surface area (Å²) in [6, 6.07) is 12.7. The zero-order chi connectivity index (χ0) is 21.2. The first-order valence-electron chi connectivity index (χ1n) is 9.09. The van der Waals surface area contributed by atoms with E-state index in [-0.39, 0.29) is 5.91 Å². The van der Waals surface area contributed by atoms with Gasteiger partial charge in [-0.3, -0.25) is 4.79 Å². The number of methoxy groups -OCH3 is 1.